The molecule has 7 nitrogen and oxygen atoms in total. The summed E-state index contributed by atoms with van der Waals surface area (Å²) in [6, 6.07) is 0. The lowest BCUT2D eigenvalue weighted by Gasteiger charge is -2.18. The molecule has 116 valence electrons. The highest BCUT2D eigenvalue weighted by molar-refractivity contribution is 6.28. The van der Waals surface area contributed by atoms with E-state index in [2.05, 4.69) is 25.6 Å². The SMILES string of the molecule is CCN(CC)c1nc(Cl)nc(NCCNC(=O)C2CC2)n1. The fourth-order valence-electron chi connectivity index (χ4n) is 1.92. The van der Waals surface area contributed by atoms with Crippen molar-refractivity contribution in [2.75, 3.05) is 36.4 Å². The highest BCUT2D eigenvalue weighted by Crippen LogP contribution is 2.28. The van der Waals surface area contributed by atoms with Crippen LogP contribution in [0.2, 0.25) is 5.28 Å². The zero-order valence-corrected chi connectivity index (χ0v) is 13.2. The molecule has 1 heterocycles. The van der Waals surface area contributed by atoms with Crippen molar-refractivity contribution in [2.45, 2.75) is 26.7 Å². The van der Waals surface area contributed by atoms with Gasteiger partial charge >= 0.3 is 0 Å². The molecule has 0 saturated heterocycles. The molecule has 1 aromatic heterocycles. The van der Waals surface area contributed by atoms with E-state index in [-0.39, 0.29) is 17.1 Å². The third kappa shape index (κ3) is 4.70. The predicted octanol–water partition coefficient (Wildman–Crippen LogP) is 1.31. The van der Waals surface area contributed by atoms with Gasteiger partial charge in [0.05, 0.1) is 0 Å². The van der Waals surface area contributed by atoms with Crippen LogP contribution in [-0.2, 0) is 4.79 Å². The second-order valence-electron chi connectivity index (χ2n) is 4.89. The summed E-state index contributed by atoms with van der Waals surface area (Å²) in [5.41, 5.74) is 0. The van der Waals surface area contributed by atoms with Gasteiger partial charge in [-0.15, -0.1) is 0 Å². The largest absolute Gasteiger partial charge is 0.354 e. The third-order valence-electron chi connectivity index (χ3n) is 3.30. The highest BCUT2D eigenvalue weighted by Gasteiger charge is 2.28. The smallest absolute Gasteiger partial charge is 0.231 e. The summed E-state index contributed by atoms with van der Waals surface area (Å²) in [7, 11) is 0. The van der Waals surface area contributed by atoms with Crippen molar-refractivity contribution in [3.8, 4) is 0 Å². The van der Waals surface area contributed by atoms with Gasteiger partial charge in [0.2, 0.25) is 23.1 Å². The topological polar surface area (TPSA) is 83.0 Å². The molecule has 1 aliphatic carbocycles. The molecule has 21 heavy (non-hydrogen) atoms. The fraction of sp³-hybridized carbons (Fsp3) is 0.692. The summed E-state index contributed by atoms with van der Waals surface area (Å²) in [4.78, 5) is 26.0. The van der Waals surface area contributed by atoms with Gasteiger partial charge in [0.15, 0.2) is 0 Å². The first-order chi connectivity index (χ1) is 10.1. The van der Waals surface area contributed by atoms with Gasteiger partial charge in [-0.25, -0.2) is 0 Å². The Morgan fingerprint density at radius 2 is 1.95 bits per heavy atom. The summed E-state index contributed by atoms with van der Waals surface area (Å²) in [5.74, 6) is 1.35. The van der Waals surface area contributed by atoms with Crippen molar-refractivity contribution >= 4 is 29.4 Å². The number of nitrogens with zero attached hydrogens (tertiary/aromatic N) is 4. The number of carbonyl (C=O) groups excluding carboxylic acids is 1. The molecule has 0 radical (unpaired) electrons. The van der Waals surface area contributed by atoms with E-state index in [0.717, 1.165) is 25.9 Å². The van der Waals surface area contributed by atoms with Crippen molar-refractivity contribution in [1.82, 2.24) is 20.3 Å². The molecular formula is C13H21ClN6O. The van der Waals surface area contributed by atoms with Gasteiger partial charge in [-0.1, -0.05) is 0 Å². The average molecular weight is 313 g/mol. The summed E-state index contributed by atoms with van der Waals surface area (Å²) in [5, 5.41) is 6.09. The van der Waals surface area contributed by atoms with Crippen molar-refractivity contribution < 1.29 is 4.79 Å². The maximum Gasteiger partial charge on any atom is 0.231 e. The second kappa shape index (κ2) is 7.40. The van der Waals surface area contributed by atoms with Gasteiger partial charge in [0.25, 0.3) is 0 Å². The van der Waals surface area contributed by atoms with Crippen LogP contribution in [0, 0.1) is 5.92 Å². The van der Waals surface area contributed by atoms with Gasteiger partial charge in [-0.3, -0.25) is 4.79 Å². The van der Waals surface area contributed by atoms with Crippen LogP contribution in [0.1, 0.15) is 26.7 Å². The van der Waals surface area contributed by atoms with E-state index >= 15 is 0 Å². The number of nitrogens with one attached hydrogen (secondary N) is 2. The Morgan fingerprint density at radius 1 is 1.24 bits per heavy atom. The number of halogens is 1. The molecule has 0 aromatic carbocycles. The van der Waals surface area contributed by atoms with Crippen molar-refractivity contribution in [2.24, 2.45) is 5.92 Å². The van der Waals surface area contributed by atoms with Crippen LogP contribution in [0.15, 0.2) is 0 Å². The minimum absolute atomic E-state index is 0.134. The van der Waals surface area contributed by atoms with Gasteiger partial charge in [0, 0.05) is 32.1 Å². The molecule has 0 atom stereocenters. The molecule has 1 amide bonds. The molecule has 2 rings (SSSR count). The number of anilines is 2. The zero-order valence-electron chi connectivity index (χ0n) is 12.4. The standard InChI is InChI=1S/C13H21ClN6O/c1-3-20(4-2)13-18-11(14)17-12(19-13)16-8-7-15-10(21)9-5-6-9/h9H,3-8H2,1-2H3,(H,15,21)(H,16,17,18,19). The van der Waals surface area contributed by atoms with Gasteiger partial charge in [-0.05, 0) is 38.3 Å². The van der Waals surface area contributed by atoms with Gasteiger partial charge in [-0.2, -0.15) is 15.0 Å². The molecule has 1 aliphatic rings. The molecule has 1 saturated carbocycles. The molecule has 1 fully saturated rings. The fourth-order valence-corrected chi connectivity index (χ4v) is 2.07. The average Bonchev–Trinajstić information content (AvgIpc) is 3.29. The van der Waals surface area contributed by atoms with Crippen LogP contribution in [0.25, 0.3) is 0 Å². The molecular weight excluding hydrogens is 292 g/mol. The van der Waals surface area contributed by atoms with Crippen LogP contribution in [0.5, 0.6) is 0 Å². The lowest BCUT2D eigenvalue weighted by molar-refractivity contribution is -0.122. The quantitative estimate of drug-likeness (QED) is 0.704. The van der Waals surface area contributed by atoms with Crippen LogP contribution < -0.4 is 15.5 Å². The maximum absolute atomic E-state index is 11.5. The number of amides is 1. The Hall–Kier alpha value is -1.63. The van der Waals surface area contributed by atoms with Crippen molar-refractivity contribution in [1.29, 1.82) is 0 Å². The first-order valence-electron chi connectivity index (χ1n) is 7.32. The Balaban J connectivity index is 1.85. The first-order valence-corrected chi connectivity index (χ1v) is 7.70. The monoisotopic (exact) mass is 312 g/mol. The van der Waals surface area contributed by atoms with E-state index in [9.17, 15) is 4.79 Å². The summed E-state index contributed by atoms with van der Waals surface area (Å²) in [6.45, 7) is 6.75. The van der Waals surface area contributed by atoms with E-state index in [4.69, 9.17) is 11.6 Å². The van der Waals surface area contributed by atoms with E-state index in [0.29, 0.717) is 25.0 Å². The maximum atomic E-state index is 11.5. The van der Waals surface area contributed by atoms with E-state index < -0.39 is 0 Å². The van der Waals surface area contributed by atoms with E-state index in [1.807, 2.05) is 18.7 Å². The Kier molecular flexibility index (Phi) is 5.55. The Bertz CT molecular complexity index is 490. The van der Waals surface area contributed by atoms with E-state index in [1.165, 1.54) is 0 Å². The van der Waals surface area contributed by atoms with Crippen LogP contribution >= 0.6 is 11.6 Å². The minimum Gasteiger partial charge on any atom is -0.354 e. The molecule has 0 bridgehead atoms. The molecule has 2 N–H and O–H groups in total. The number of hydrogen-bond donors (Lipinski definition) is 2. The Morgan fingerprint density at radius 3 is 2.57 bits per heavy atom. The van der Waals surface area contributed by atoms with Gasteiger partial charge in [0.1, 0.15) is 0 Å². The van der Waals surface area contributed by atoms with E-state index in [1.54, 1.807) is 0 Å². The summed E-state index contributed by atoms with van der Waals surface area (Å²) >= 11 is 5.92. The number of hydrogen-bond acceptors (Lipinski definition) is 6. The number of rotatable bonds is 8. The molecule has 1 aromatic rings. The number of aromatic nitrogens is 3. The normalized spacial score (nSPS) is 13.9. The van der Waals surface area contributed by atoms with Crippen molar-refractivity contribution in [3.63, 3.8) is 0 Å². The lowest BCUT2D eigenvalue weighted by Crippen LogP contribution is -2.30. The van der Waals surface area contributed by atoms with Crippen LogP contribution in [-0.4, -0.2) is 47.0 Å². The predicted molar refractivity (Wildman–Crippen MR) is 82.6 cm³/mol. The summed E-state index contributed by atoms with van der Waals surface area (Å²) in [6.07, 6.45) is 2.02. The minimum atomic E-state index is 0.134. The Labute approximate surface area is 129 Å². The molecule has 0 unspecified atom stereocenters. The molecule has 8 heteroatoms. The van der Waals surface area contributed by atoms with Gasteiger partial charge < -0.3 is 15.5 Å². The lowest BCUT2D eigenvalue weighted by atomic mass is 10.4. The first kappa shape index (κ1) is 15.8. The second-order valence-corrected chi connectivity index (χ2v) is 5.23. The third-order valence-corrected chi connectivity index (χ3v) is 3.47. The van der Waals surface area contributed by atoms with Crippen LogP contribution in [0.4, 0.5) is 11.9 Å². The van der Waals surface area contributed by atoms with Crippen molar-refractivity contribution in [3.05, 3.63) is 5.28 Å². The molecule has 0 spiro atoms. The number of carbonyl (C=O) groups is 1. The summed E-state index contributed by atoms with van der Waals surface area (Å²) < 4.78 is 0. The highest BCUT2D eigenvalue weighted by atomic mass is 35.5. The van der Waals surface area contributed by atoms with Crippen LogP contribution in [0.3, 0.4) is 0 Å². The zero-order chi connectivity index (χ0) is 15.2. The molecule has 0 aliphatic heterocycles.